The first-order valence-electron chi connectivity index (χ1n) is 9.31. The van der Waals surface area contributed by atoms with E-state index in [4.69, 9.17) is 32.7 Å². The lowest BCUT2D eigenvalue weighted by atomic mass is 10.2. The Balaban J connectivity index is 0.00000341. The number of carbonyl (C=O) groups is 1. The first-order valence-corrected chi connectivity index (χ1v) is 10.4. The number of fused-ring (bicyclic) bond motifs is 1. The molecule has 1 N–H and O–H groups in total. The van der Waals surface area contributed by atoms with Gasteiger partial charge in [0.15, 0.2) is 11.5 Å². The Morgan fingerprint density at radius 2 is 1.84 bits per heavy atom. The quantitative estimate of drug-likeness (QED) is 0.259. The zero-order valence-corrected chi connectivity index (χ0v) is 19.4. The molecule has 0 saturated heterocycles. The fourth-order valence-electron chi connectivity index (χ4n) is 3.05. The second-order valence-electron chi connectivity index (χ2n) is 6.38. The van der Waals surface area contributed by atoms with Crippen molar-refractivity contribution in [2.45, 2.75) is 6.92 Å². The summed E-state index contributed by atoms with van der Waals surface area (Å²) in [4.78, 5) is 22.2. The summed E-state index contributed by atoms with van der Waals surface area (Å²) in [5, 5.41) is 4.01. The summed E-state index contributed by atoms with van der Waals surface area (Å²) >= 11 is 11.9. The van der Waals surface area contributed by atoms with E-state index in [-0.39, 0.29) is 12.4 Å². The Hall–Kier alpha value is -2.48. The van der Waals surface area contributed by atoms with Gasteiger partial charge in [0.25, 0.3) is 0 Å². The summed E-state index contributed by atoms with van der Waals surface area (Å²) in [6, 6.07) is 11.3. The number of nitrogens with one attached hydrogen (secondary N) is 1. The third-order valence-corrected chi connectivity index (χ3v) is 4.70. The Kier molecular flexibility index (Phi) is 9.43. The fourth-order valence-corrected chi connectivity index (χ4v) is 3.46. The molecule has 3 rings (SSSR count). The van der Waals surface area contributed by atoms with Gasteiger partial charge >= 0.3 is 5.97 Å². The maximum absolute atomic E-state index is 11.5. The Labute approximate surface area is 197 Å². The molecular formula is C21H23Cl3N4O3. The molecule has 3 aromatic rings. The molecule has 0 amide bonds. The SMILES string of the molecule is COc1cc2ncnc(Nc3cccc(N(CCCl)CCCl)c3)c2cc1OC(C)=O.Cl. The van der Waals surface area contributed by atoms with Crippen LogP contribution < -0.4 is 19.7 Å². The smallest absolute Gasteiger partial charge is 0.308 e. The van der Waals surface area contributed by atoms with Gasteiger partial charge < -0.3 is 19.7 Å². The van der Waals surface area contributed by atoms with Crippen molar-refractivity contribution >= 4 is 69.7 Å². The van der Waals surface area contributed by atoms with Crippen molar-refractivity contribution in [3.8, 4) is 11.5 Å². The van der Waals surface area contributed by atoms with Crippen LogP contribution in [0.3, 0.4) is 0 Å². The molecule has 0 fully saturated rings. The van der Waals surface area contributed by atoms with E-state index >= 15 is 0 Å². The molecule has 2 aromatic carbocycles. The summed E-state index contributed by atoms with van der Waals surface area (Å²) in [5.41, 5.74) is 2.50. The largest absolute Gasteiger partial charge is 0.493 e. The molecule has 0 radical (unpaired) electrons. The Bertz CT molecular complexity index is 1030. The number of benzene rings is 2. The van der Waals surface area contributed by atoms with Crippen LogP contribution in [0, 0.1) is 0 Å². The van der Waals surface area contributed by atoms with E-state index in [0.29, 0.717) is 53.1 Å². The molecule has 0 saturated carbocycles. The van der Waals surface area contributed by atoms with E-state index in [1.165, 1.54) is 20.4 Å². The number of hydrogen-bond acceptors (Lipinski definition) is 7. The van der Waals surface area contributed by atoms with E-state index in [9.17, 15) is 4.79 Å². The molecule has 0 bridgehead atoms. The van der Waals surface area contributed by atoms with Gasteiger partial charge in [-0.3, -0.25) is 4.79 Å². The number of aromatic nitrogens is 2. The van der Waals surface area contributed by atoms with Crippen molar-refractivity contribution in [1.82, 2.24) is 9.97 Å². The van der Waals surface area contributed by atoms with Crippen LogP contribution in [0.1, 0.15) is 6.92 Å². The van der Waals surface area contributed by atoms with E-state index in [1.54, 1.807) is 12.1 Å². The van der Waals surface area contributed by atoms with Gasteiger partial charge in [0.05, 0.1) is 12.6 Å². The first-order chi connectivity index (χ1) is 14.5. The number of hydrogen-bond donors (Lipinski definition) is 1. The third kappa shape index (κ3) is 6.26. The summed E-state index contributed by atoms with van der Waals surface area (Å²) in [5.74, 6) is 1.87. The van der Waals surface area contributed by atoms with E-state index in [1.807, 2.05) is 24.3 Å². The lowest BCUT2D eigenvalue weighted by Gasteiger charge is -2.23. The van der Waals surface area contributed by atoms with Gasteiger partial charge in [-0.15, -0.1) is 35.6 Å². The van der Waals surface area contributed by atoms with Crippen molar-refractivity contribution in [2.75, 3.05) is 42.2 Å². The fraction of sp³-hybridized carbons (Fsp3) is 0.286. The van der Waals surface area contributed by atoms with Gasteiger partial charge in [-0.2, -0.15) is 0 Å². The van der Waals surface area contributed by atoms with Gasteiger partial charge in [-0.25, -0.2) is 9.97 Å². The zero-order valence-electron chi connectivity index (χ0n) is 17.1. The molecule has 0 aliphatic rings. The van der Waals surface area contributed by atoms with Gasteiger partial charge in [0.2, 0.25) is 0 Å². The molecule has 0 aliphatic heterocycles. The normalized spacial score (nSPS) is 10.3. The van der Waals surface area contributed by atoms with Crippen LogP contribution in [0.4, 0.5) is 17.2 Å². The van der Waals surface area contributed by atoms with Gasteiger partial charge in [-0.05, 0) is 24.3 Å². The molecule has 1 aromatic heterocycles. The highest BCUT2D eigenvalue weighted by Gasteiger charge is 2.14. The second kappa shape index (κ2) is 11.8. The lowest BCUT2D eigenvalue weighted by Crippen LogP contribution is -2.27. The van der Waals surface area contributed by atoms with Gasteiger partial charge in [0, 0.05) is 54.6 Å². The number of esters is 1. The maximum atomic E-state index is 11.5. The molecule has 10 heteroatoms. The minimum absolute atomic E-state index is 0. The summed E-state index contributed by atoms with van der Waals surface area (Å²) in [7, 11) is 1.51. The number of methoxy groups -OCH3 is 1. The highest BCUT2D eigenvalue weighted by atomic mass is 35.5. The van der Waals surface area contributed by atoms with Crippen molar-refractivity contribution in [1.29, 1.82) is 0 Å². The average molecular weight is 486 g/mol. The number of carbonyl (C=O) groups excluding carboxylic acids is 1. The monoisotopic (exact) mass is 484 g/mol. The standard InChI is InChI=1S/C21H22Cl2N4O3.ClH/c1-14(28)30-20-11-17-18(12-19(20)29-2)24-13-25-21(17)26-15-4-3-5-16(10-15)27(8-6-22)9-7-23;/h3-5,10-13H,6-9H2,1-2H3,(H,24,25,26);1H. The molecular weight excluding hydrogens is 463 g/mol. The van der Waals surface area contributed by atoms with Crippen LogP contribution in [-0.4, -0.2) is 47.9 Å². The maximum Gasteiger partial charge on any atom is 0.308 e. The van der Waals surface area contributed by atoms with Gasteiger partial charge in [0.1, 0.15) is 12.1 Å². The number of halogens is 3. The molecule has 166 valence electrons. The summed E-state index contributed by atoms with van der Waals surface area (Å²) < 4.78 is 10.6. The highest BCUT2D eigenvalue weighted by molar-refractivity contribution is 6.18. The third-order valence-electron chi connectivity index (χ3n) is 4.36. The molecule has 1 heterocycles. The van der Waals surface area contributed by atoms with Crippen LogP contribution in [-0.2, 0) is 4.79 Å². The second-order valence-corrected chi connectivity index (χ2v) is 7.13. The Morgan fingerprint density at radius 3 is 2.48 bits per heavy atom. The van der Waals surface area contributed by atoms with Crippen molar-refractivity contribution in [3.63, 3.8) is 0 Å². The number of rotatable bonds is 9. The highest BCUT2D eigenvalue weighted by Crippen LogP contribution is 2.35. The minimum Gasteiger partial charge on any atom is -0.493 e. The van der Waals surface area contributed by atoms with Crippen LogP contribution in [0.25, 0.3) is 10.9 Å². The molecule has 0 aliphatic carbocycles. The van der Waals surface area contributed by atoms with E-state index in [2.05, 4.69) is 20.2 Å². The molecule has 0 unspecified atom stereocenters. The number of alkyl halides is 2. The summed E-state index contributed by atoms with van der Waals surface area (Å²) in [6.07, 6.45) is 1.47. The number of ether oxygens (including phenoxy) is 2. The number of nitrogens with zero attached hydrogens (tertiary/aromatic N) is 3. The summed E-state index contributed by atoms with van der Waals surface area (Å²) in [6.45, 7) is 2.72. The van der Waals surface area contributed by atoms with Crippen molar-refractivity contribution in [3.05, 3.63) is 42.7 Å². The number of anilines is 3. The van der Waals surface area contributed by atoms with Crippen molar-refractivity contribution < 1.29 is 14.3 Å². The van der Waals surface area contributed by atoms with E-state index < -0.39 is 5.97 Å². The average Bonchev–Trinajstić information content (AvgIpc) is 2.73. The zero-order chi connectivity index (χ0) is 21.5. The van der Waals surface area contributed by atoms with Crippen LogP contribution in [0.2, 0.25) is 0 Å². The van der Waals surface area contributed by atoms with E-state index in [0.717, 1.165) is 11.4 Å². The van der Waals surface area contributed by atoms with Crippen LogP contribution >= 0.6 is 35.6 Å². The predicted octanol–water partition coefficient (Wildman–Crippen LogP) is 5.01. The molecule has 31 heavy (non-hydrogen) atoms. The topological polar surface area (TPSA) is 76.6 Å². The van der Waals surface area contributed by atoms with Crippen LogP contribution in [0.15, 0.2) is 42.7 Å². The lowest BCUT2D eigenvalue weighted by molar-refractivity contribution is -0.132. The predicted molar refractivity (Wildman–Crippen MR) is 128 cm³/mol. The van der Waals surface area contributed by atoms with Gasteiger partial charge in [-0.1, -0.05) is 6.07 Å². The van der Waals surface area contributed by atoms with Crippen molar-refractivity contribution in [2.24, 2.45) is 0 Å². The molecule has 0 atom stereocenters. The minimum atomic E-state index is -0.439. The first kappa shape index (κ1) is 24.8. The molecule has 7 nitrogen and oxygen atoms in total. The van der Waals surface area contributed by atoms with Crippen LogP contribution in [0.5, 0.6) is 11.5 Å². The Morgan fingerprint density at radius 1 is 1.10 bits per heavy atom. The molecule has 0 spiro atoms.